The van der Waals surface area contributed by atoms with Crippen molar-refractivity contribution >= 4 is 25.4 Å². The Morgan fingerprint density at radius 2 is 2.08 bits per heavy atom. The summed E-state index contributed by atoms with van der Waals surface area (Å²) in [6.45, 7) is 4.54. The van der Waals surface area contributed by atoms with E-state index in [-0.39, 0.29) is 13.6 Å². The van der Waals surface area contributed by atoms with E-state index in [0.29, 0.717) is 31.1 Å². The highest BCUT2D eigenvalue weighted by Gasteiger charge is 2.37. The summed E-state index contributed by atoms with van der Waals surface area (Å²) in [6.07, 6.45) is 6.51. The second-order valence-electron chi connectivity index (χ2n) is 6.06. The van der Waals surface area contributed by atoms with Gasteiger partial charge in [-0.05, 0) is 25.2 Å². The van der Waals surface area contributed by atoms with E-state index in [1.807, 2.05) is 13.8 Å². The molecule has 9 nitrogen and oxygen atoms in total. The van der Waals surface area contributed by atoms with Gasteiger partial charge in [-0.1, -0.05) is 13.8 Å². The third-order valence-electron chi connectivity index (χ3n) is 3.71. The number of nitrogens with zero attached hydrogens (tertiary/aromatic N) is 3. The van der Waals surface area contributed by atoms with Crippen LogP contribution in [0, 0.1) is 5.92 Å². The zero-order valence-corrected chi connectivity index (χ0v) is 14.4. The van der Waals surface area contributed by atoms with Gasteiger partial charge in [-0.25, -0.2) is 9.78 Å². The molecule has 0 saturated carbocycles. The fourth-order valence-corrected chi connectivity index (χ4v) is 2.73. The summed E-state index contributed by atoms with van der Waals surface area (Å²) in [5.74, 6) is -0.297. The maximum absolute atomic E-state index is 12.8. The third-order valence-corrected chi connectivity index (χ3v) is 3.71. The van der Waals surface area contributed by atoms with Gasteiger partial charge < -0.3 is 25.4 Å². The summed E-state index contributed by atoms with van der Waals surface area (Å²) in [5.41, 5.74) is 0. The molecule has 1 unspecified atom stereocenters. The number of aliphatic carboxylic acids is 1. The lowest BCUT2D eigenvalue weighted by Gasteiger charge is -2.28. The fourth-order valence-electron chi connectivity index (χ4n) is 2.73. The number of likely N-dealkylation sites (tertiary alicyclic amines) is 1. The minimum Gasteiger partial charge on any atom is -0.480 e. The van der Waals surface area contributed by atoms with Crippen LogP contribution in [0.2, 0.25) is 0 Å². The second-order valence-corrected chi connectivity index (χ2v) is 6.06. The van der Waals surface area contributed by atoms with Crippen LogP contribution in [0.3, 0.4) is 0 Å². The molecule has 137 valence electrons. The summed E-state index contributed by atoms with van der Waals surface area (Å²) >= 11 is 0. The molecule has 1 fully saturated rings. The van der Waals surface area contributed by atoms with Crippen molar-refractivity contribution in [2.75, 3.05) is 11.9 Å². The van der Waals surface area contributed by atoms with Gasteiger partial charge in [-0.3, -0.25) is 9.78 Å². The Hall–Kier alpha value is -2.20. The molecule has 1 aromatic heterocycles. The summed E-state index contributed by atoms with van der Waals surface area (Å²) < 4.78 is 0. The number of nitrogens with one attached hydrogen (secondary N) is 1. The number of carbonyl (C=O) groups excluding carboxylic acids is 1. The highest BCUT2D eigenvalue weighted by molar-refractivity contribution is 6.13. The van der Waals surface area contributed by atoms with Crippen molar-refractivity contribution in [3.05, 3.63) is 18.6 Å². The van der Waals surface area contributed by atoms with Crippen LogP contribution in [0.4, 0.5) is 5.82 Å². The van der Waals surface area contributed by atoms with E-state index in [2.05, 4.69) is 15.3 Å². The van der Waals surface area contributed by atoms with Crippen LogP contribution in [-0.2, 0) is 9.59 Å². The van der Waals surface area contributed by atoms with E-state index in [9.17, 15) is 14.7 Å². The van der Waals surface area contributed by atoms with Crippen LogP contribution >= 0.6 is 0 Å². The molecule has 1 radical (unpaired) electrons. The second kappa shape index (κ2) is 10.6. The lowest BCUT2D eigenvalue weighted by Crippen LogP contribution is -2.48. The monoisotopic (exact) mass is 351 g/mol. The Balaban J connectivity index is 0.000000970. The lowest BCUT2D eigenvalue weighted by atomic mass is 10.0. The maximum Gasteiger partial charge on any atom is 0.482 e. The summed E-state index contributed by atoms with van der Waals surface area (Å²) in [4.78, 5) is 33.6. The summed E-state index contributed by atoms with van der Waals surface area (Å²) in [5, 5.41) is 26.3. The lowest BCUT2D eigenvalue weighted by molar-refractivity contribution is -0.148. The van der Waals surface area contributed by atoms with Gasteiger partial charge in [0, 0.05) is 18.9 Å². The number of carbonyl (C=O) groups is 2. The van der Waals surface area contributed by atoms with Crippen molar-refractivity contribution in [3.8, 4) is 0 Å². The molecule has 25 heavy (non-hydrogen) atoms. The molecule has 1 amide bonds. The van der Waals surface area contributed by atoms with Crippen molar-refractivity contribution in [1.29, 1.82) is 0 Å². The number of carboxylic acids is 1. The van der Waals surface area contributed by atoms with Gasteiger partial charge in [-0.15, -0.1) is 0 Å². The molecule has 4 N–H and O–H groups in total. The van der Waals surface area contributed by atoms with Crippen LogP contribution in [0.25, 0.3) is 0 Å². The average Bonchev–Trinajstić information content (AvgIpc) is 3.05. The Morgan fingerprint density at radius 3 is 2.60 bits per heavy atom. The number of hydrogen-bond acceptors (Lipinski definition) is 7. The molecular weight excluding hydrogens is 327 g/mol. The predicted molar refractivity (Wildman–Crippen MR) is 91.5 cm³/mol. The SMILES string of the molecule is CC(C)CC(Nc1cnccn1)C(=O)N1CCC[C@H]1C(=O)O.O[B]O. The molecule has 0 bridgehead atoms. The van der Waals surface area contributed by atoms with E-state index in [0.717, 1.165) is 6.42 Å². The van der Waals surface area contributed by atoms with Gasteiger partial charge >= 0.3 is 13.7 Å². The Kier molecular flexibility index (Phi) is 8.86. The van der Waals surface area contributed by atoms with Crippen molar-refractivity contribution in [3.63, 3.8) is 0 Å². The molecule has 2 atom stereocenters. The number of hydrogen-bond donors (Lipinski definition) is 4. The summed E-state index contributed by atoms with van der Waals surface area (Å²) in [6, 6.07) is -1.21. The third kappa shape index (κ3) is 6.67. The zero-order valence-electron chi connectivity index (χ0n) is 14.4. The van der Waals surface area contributed by atoms with Crippen LogP contribution < -0.4 is 5.32 Å². The Labute approximate surface area is 147 Å². The predicted octanol–water partition coefficient (Wildman–Crippen LogP) is -0.116. The molecule has 1 saturated heterocycles. The number of carboxylic acid groups (broad SMARTS) is 1. The molecule has 1 aromatic rings. The van der Waals surface area contributed by atoms with Gasteiger partial charge in [-0.2, -0.15) is 0 Å². The highest BCUT2D eigenvalue weighted by atomic mass is 16.4. The average molecular weight is 351 g/mol. The van der Waals surface area contributed by atoms with Crippen molar-refractivity contribution in [1.82, 2.24) is 14.9 Å². The smallest absolute Gasteiger partial charge is 0.480 e. The first-order chi connectivity index (χ1) is 11.9. The molecule has 2 rings (SSSR count). The molecule has 1 aliphatic heterocycles. The van der Waals surface area contributed by atoms with E-state index < -0.39 is 18.1 Å². The summed E-state index contributed by atoms with van der Waals surface area (Å²) in [7, 11) is 0. The zero-order chi connectivity index (χ0) is 18.8. The van der Waals surface area contributed by atoms with Crippen LogP contribution in [0.5, 0.6) is 0 Å². The number of amides is 1. The van der Waals surface area contributed by atoms with Crippen LogP contribution in [0.15, 0.2) is 18.6 Å². The van der Waals surface area contributed by atoms with E-state index in [1.165, 1.54) is 4.90 Å². The molecule has 10 heteroatoms. The standard InChI is InChI=1S/C15H22N4O3.BH2O2/c1-10(2)8-11(18-13-9-16-5-6-17-13)14(20)19-7-3-4-12(19)15(21)22;2-1-3/h5-6,9-12H,3-4,7-8H2,1-2H3,(H,17,18)(H,21,22);2-3H/t11?,12-;/m0./s1. The molecule has 0 aromatic carbocycles. The van der Waals surface area contributed by atoms with Crippen LogP contribution in [0.1, 0.15) is 33.1 Å². The maximum atomic E-state index is 12.8. The highest BCUT2D eigenvalue weighted by Crippen LogP contribution is 2.21. The van der Waals surface area contributed by atoms with Crippen LogP contribution in [-0.4, -0.2) is 68.2 Å². The molecule has 0 spiro atoms. The Bertz CT molecular complexity index is 546. The van der Waals surface area contributed by atoms with Gasteiger partial charge in [0.15, 0.2) is 0 Å². The van der Waals surface area contributed by atoms with Crippen molar-refractivity contribution in [2.24, 2.45) is 5.92 Å². The Morgan fingerprint density at radius 1 is 1.40 bits per heavy atom. The molecule has 0 aliphatic carbocycles. The minimum atomic E-state index is -0.936. The van der Waals surface area contributed by atoms with Gasteiger partial charge in [0.25, 0.3) is 0 Å². The van der Waals surface area contributed by atoms with Gasteiger partial charge in [0.05, 0.1) is 6.20 Å². The number of rotatable bonds is 6. The quantitative estimate of drug-likeness (QED) is 0.521. The normalized spacial score (nSPS) is 17.5. The van der Waals surface area contributed by atoms with Crippen molar-refractivity contribution < 1.29 is 24.7 Å². The van der Waals surface area contributed by atoms with E-state index in [1.54, 1.807) is 18.6 Å². The molecular formula is C15H24BN4O5. The van der Waals surface area contributed by atoms with Gasteiger partial charge in [0.2, 0.25) is 5.91 Å². The molecule has 1 aliphatic rings. The largest absolute Gasteiger partial charge is 0.482 e. The molecule has 2 heterocycles. The first-order valence-corrected chi connectivity index (χ1v) is 8.06. The first-order valence-electron chi connectivity index (χ1n) is 8.06. The number of anilines is 1. The topological polar surface area (TPSA) is 136 Å². The fraction of sp³-hybridized carbons (Fsp3) is 0.600. The minimum absolute atomic E-state index is 0. The first kappa shape index (κ1) is 20.8. The van der Waals surface area contributed by atoms with E-state index in [4.69, 9.17) is 10.0 Å². The van der Waals surface area contributed by atoms with E-state index >= 15 is 0 Å². The van der Waals surface area contributed by atoms with Gasteiger partial charge in [0.1, 0.15) is 17.9 Å². The number of aromatic nitrogens is 2. The van der Waals surface area contributed by atoms with Crippen molar-refractivity contribution in [2.45, 2.75) is 45.2 Å².